The number of carbonyl (C=O) groups excluding carboxylic acids is 2. The second kappa shape index (κ2) is 10.9. The summed E-state index contributed by atoms with van der Waals surface area (Å²) in [6.07, 6.45) is -4.30. The molecule has 0 aromatic heterocycles. The highest BCUT2D eigenvalue weighted by molar-refractivity contribution is 5.86. The largest absolute Gasteiger partial charge is 0.481 e. The van der Waals surface area contributed by atoms with E-state index in [-0.39, 0.29) is 25.5 Å². The van der Waals surface area contributed by atoms with Gasteiger partial charge in [-0.25, -0.2) is 13.6 Å². The highest BCUT2D eigenvalue weighted by Gasteiger charge is 2.31. The predicted octanol–water partition coefficient (Wildman–Crippen LogP) is 3.87. The van der Waals surface area contributed by atoms with E-state index >= 15 is 0 Å². The molecule has 0 bridgehead atoms. The number of carboxylic acids is 1. The fourth-order valence-electron chi connectivity index (χ4n) is 4.07. The van der Waals surface area contributed by atoms with Crippen molar-refractivity contribution in [3.8, 4) is 11.1 Å². The smallest absolute Gasteiger partial charge is 0.407 e. The van der Waals surface area contributed by atoms with Gasteiger partial charge in [-0.3, -0.25) is 9.59 Å². The molecule has 2 aromatic carbocycles. The van der Waals surface area contributed by atoms with Gasteiger partial charge in [0.25, 0.3) is 6.43 Å². The maximum atomic E-state index is 12.8. The summed E-state index contributed by atoms with van der Waals surface area (Å²) in [5.74, 6) is -2.13. The van der Waals surface area contributed by atoms with Crippen LogP contribution in [-0.4, -0.2) is 60.1 Å². The molecule has 1 unspecified atom stereocenters. The van der Waals surface area contributed by atoms with Gasteiger partial charge in [0.1, 0.15) is 12.6 Å². The van der Waals surface area contributed by atoms with Crippen LogP contribution >= 0.6 is 0 Å². The molecule has 2 aromatic rings. The Bertz CT molecular complexity index is 968. The summed E-state index contributed by atoms with van der Waals surface area (Å²) in [7, 11) is 0. The van der Waals surface area contributed by atoms with Crippen LogP contribution < -0.4 is 5.32 Å². The molecular formula is C24H26F2N2O5. The van der Waals surface area contributed by atoms with Crippen molar-refractivity contribution in [1.29, 1.82) is 0 Å². The highest BCUT2D eigenvalue weighted by atomic mass is 19.3. The summed E-state index contributed by atoms with van der Waals surface area (Å²) < 4.78 is 31.0. The van der Waals surface area contributed by atoms with Gasteiger partial charge in [-0.15, -0.1) is 0 Å². The number of carbonyl (C=O) groups is 3. The van der Waals surface area contributed by atoms with Crippen LogP contribution in [-0.2, 0) is 14.3 Å². The molecule has 1 aliphatic rings. The van der Waals surface area contributed by atoms with E-state index in [2.05, 4.69) is 5.32 Å². The molecule has 0 aliphatic heterocycles. The van der Waals surface area contributed by atoms with Crippen LogP contribution in [0.3, 0.4) is 0 Å². The molecular weight excluding hydrogens is 434 g/mol. The molecule has 2 amide bonds. The van der Waals surface area contributed by atoms with Gasteiger partial charge in [-0.1, -0.05) is 48.5 Å². The third-order valence-corrected chi connectivity index (χ3v) is 5.63. The highest BCUT2D eigenvalue weighted by Crippen LogP contribution is 2.44. The number of benzene rings is 2. The first-order chi connectivity index (χ1) is 15.8. The average Bonchev–Trinajstić information content (AvgIpc) is 3.12. The van der Waals surface area contributed by atoms with E-state index in [4.69, 9.17) is 9.84 Å². The molecule has 2 N–H and O–H groups in total. The van der Waals surface area contributed by atoms with Crippen LogP contribution in [0, 0.1) is 0 Å². The number of hydrogen-bond donors (Lipinski definition) is 2. The topological polar surface area (TPSA) is 95.9 Å². The Labute approximate surface area is 190 Å². The second-order valence-corrected chi connectivity index (χ2v) is 7.72. The molecule has 33 heavy (non-hydrogen) atoms. The van der Waals surface area contributed by atoms with Crippen molar-refractivity contribution in [1.82, 2.24) is 10.2 Å². The molecule has 1 atom stereocenters. The van der Waals surface area contributed by atoms with Crippen LogP contribution in [0.1, 0.15) is 36.8 Å². The number of alkyl halides is 2. The first-order valence-electron chi connectivity index (χ1n) is 10.7. The number of hydrogen-bond acceptors (Lipinski definition) is 4. The van der Waals surface area contributed by atoms with Gasteiger partial charge >= 0.3 is 12.1 Å². The van der Waals surface area contributed by atoms with Gasteiger partial charge in [-0.2, -0.15) is 0 Å². The summed E-state index contributed by atoms with van der Waals surface area (Å²) in [5.41, 5.74) is 4.14. The van der Waals surface area contributed by atoms with Gasteiger partial charge < -0.3 is 20.1 Å². The zero-order chi connectivity index (χ0) is 24.0. The number of likely N-dealkylation sites (N-methyl/N-ethyl adjacent to an activating group) is 1. The molecule has 0 heterocycles. The Morgan fingerprint density at radius 3 is 2.15 bits per heavy atom. The Morgan fingerprint density at radius 1 is 1.06 bits per heavy atom. The Kier molecular flexibility index (Phi) is 7.97. The minimum Gasteiger partial charge on any atom is -0.481 e. The molecule has 0 radical (unpaired) electrons. The van der Waals surface area contributed by atoms with E-state index in [9.17, 15) is 23.2 Å². The summed E-state index contributed by atoms with van der Waals surface area (Å²) in [6.45, 7) is 0.737. The van der Waals surface area contributed by atoms with E-state index in [1.54, 1.807) is 0 Å². The number of rotatable bonds is 10. The molecule has 0 saturated carbocycles. The predicted molar refractivity (Wildman–Crippen MR) is 117 cm³/mol. The quantitative estimate of drug-likeness (QED) is 0.561. The third kappa shape index (κ3) is 5.85. The standard InChI is InChI=1S/C24H26F2N2O5/c1-2-28(13-21(25)26)23(31)20(11-12-22(29)30)27-24(32)33-14-19-17-9-5-3-7-15(17)16-8-4-6-10-18(16)19/h3-10,19-21H,2,11-14H2,1H3,(H,27,32)(H,29,30). The minimum atomic E-state index is -2.75. The Morgan fingerprint density at radius 2 is 1.64 bits per heavy atom. The van der Waals surface area contributed by atoms with Crippen LogP contribution in [0.4, 0.5) is 13.6 Å². The average molecular weight is 460 g/mol. The van der Waals surface area contributed by atoms with E-state index < -0.39 is 43.4 Å². The van der Waals surface area contributed by atoms with E-state index in [0.29, 0.717) is 0 Å². The van der Waals surface area contributed by atoms with E-state index in [0.717, 1.165) is 27.2 Å². The number of nitrogens with one attached hydrogen (secondary N) is 1. The van der Waals surface area contributed by atoms with Gasteiger partial charge in [0.15, 0.2) is 0 Å². The van der Waals surface area contributed by atoms with Gasteiger partial charge in [0, 0.05) is 18.9 Å². The van der Waals surface area contributed by atoms with Crippen molar-refractivity contribution in [2.24, 2.45) is 0 Å². The summed E-state index contributed by atoms with van der Waals surface area (Å²) in [4.78, 5) is 37.1. The number of amides is 2. The first-order valence-corrected chi connectivity index (χ1v) is 10.7. The van der Waals surface area contributed by atoms with Crippen LogP contribution in [0.25, 0.3) is 11.1 Å². The number of alkyl carbamates (subject to hydrolysis) is 1. The third-order valence-electron chi connectivity index (χ3n) is 5.63. The Hall–Kier alpha value is -3.49. The first kappa shape index (κ1) is 24.2. The molecule has 0 spiro atoms. The molecule has 176 valence electrons. The Balaban J connectivity index is 1.69. The lowest BCUT2D eigenvalue weighted by Gasteiger charge is -2.26. The zero-order valence-corrected chi connectivity index (χ0v) is 18.2. The monoisotopic (exact) mass is 460 g/mol. The van der Waals surface area contributed by atoms with Crippen LogP contribution in [0.2, 0.25) is 0 Å². The van der Waals surface area contributed by atoms with Crippen molar-refractivity contribution < 1.29 is 33.0 Å². The molecule has 3 rings (SSSR count). The molecule has 7 nitrogen and oxygen atoms in total. The summed E-state index contributed by atoms with van der Waals surface area (Å²) >= 11 is 0. The van der Waals surface area contributed by atoms with Gasteiger partial charge in [0.2, 0.25) is 5.91 Å². The second-order valence-electron chi connectivity index (χ2n) is 7.72. The van der Waals surface area contributed by atoms with Crippen molar-refractivity contribution in [2.75, 3.05) is 19.7 Å². The molecule has 1 aliphatic carbocycles. The van der Waals surface area contributed by atoms with Crippen LogP contribution in [0.15, 0.2) is 48.5 Å². The lowest BCUT2D eigenvalue weighted by molar-refractivity contribution is -0.138. The maximum Gasteiger partial charge on any atom is 0.407 e. The fraction of sp³-hybridized carbons (Fsp3) is 0.375. The number of aliphatic carboxylic acids is 1. The van der Waals surface area contributed by atoms with Crippen molar-refractivity contribution in [3.63, 3.8) is 0 Å². The number of nitrogens with zero attached hydrogens (tertiary/aromatic N) is 1. The number of fused-ring (bicyclic) bond motifs is 3. The summed E-state index contributed by atoms with van der Waals surface area (Å²) in [5, 5.41) is 11.3. The SMILES string of the molecule is CCN(CC(F)F)C(=O)C(CCC(=O)O)NC(=O)OCC1c2ccccc2-c2ccccc21. The zero-order valence-electron chi connectivity index (χ0n) is 18.2. The number of ether oxygens (including phenoxy) is 1. The minimum absolute atomic E-state index is 0.000878. The fourth-order valence-corrected chi connectivity index (χ4v) is 4.07. The van der Waals surface area contributed by atoms with Gasteiger partial charge in [0.05, 0.1) is 6.54 Å². The molecule has 9 heteroatoms. The maximum absolute atomic E-state index is 12.8. The van der Waals surface area contributed by atoms with Gasteiger partial charge in [-0.05, 0) is 35.6 Å². The lowest BCUT2D eigenvalue weighted by atomic mass is 9.98. The van der Waals surface area contributed by atoms with Crippen molar-refractivity contribution >= 4 is 18.0 Å². The number of halogens is 2. The lowest BCUT2D eigenvalue weighted by Crippen LogP contribution is -2.50. The molecule has 0 saturated heterocycles. The van der Waals surface area contributed by atoms with E-state index in [1.807, 2.05) is 48.5 Å². The van der Waals surface area contributed by atoms with Crippen LogP contribution in [0.5, 0.6) is 0 Å². The van der Waals surface area contributed by atoms with Crippen molar-refractivity contribution in [2.45, 2.75) is 38.2 Å². The van der Waals surface area contributed by atoms with E-state index in [1.165, 1.54) is 6.92 Å². The number of carboxylic acid groups (broad SMARTS) is 1. The van der Waals surface area contributed by atoms with Crippen molar-refractivity contribution in [3.05, 3.63) is 59.7 Å². The summed E-state index contributed by atoms with van der Waals surface area (Å²) in [6, 6.07) is 14.3. The normalized spacial score (nSPS) is 13.2. The molecule has 0 fully saturated rings.